The van der Waals surface area contributed by atoms with Crippen molar-refractivity contribution in [2.24, 2.45) is 11.8 Å². The minimum atomic E-state index is -0.661. The Morgan fingerprint density at radius 3 is 2.67 bits per heavy atom. The number of anilines is 1. The largest absolute Gasteiger partial charge is 0.497 e. The number of rotatable bonds is 6. The van der Waals surface area contributed by atoms with Crippen molar-refractivity contribution in [1.82, 2.24) is 0 Å². The molecular weight excluding hydrogens is 406 g/mol. The number of hydrogen-bond acceptors (Lipinski definition) is 3. The zero-order chi connectivity index (χ0) is 19.2. The van der Waals surface area contributed by atoms with Gasteiger partial charge in [-0.1, -0.05) is 28.1 Å². The maximum Gasteiger partial charge on any atom is 0.306 e. The molecule has 1 fully saturated rings. The number of benzene rings is 2. The van der Waals surface area contributed by atoms with Crippen LogP contribution in [0.1, 0.15) is 36.8 Å². The number of methoxy groups -OCH3 is 1. The Hall–Kier alpha value is -2.01. The van der Waals surface area contributed by atoms with E-state index in [0.717, 1.165) is 35.2 Å². The smallest absolute Gasteiger partial charge is 0.306 e. The van der Waals surface area contributed by atoms with Crippen LogP contribution in [0, 0.1) is 11.8 Å². The third-order valence-electron chi connectivity index (χ3n) is 6.09. The number of nitrogens with one attached hydrogen (secondary N) is 1. The van der Waals surface area contributed by atoms with Crippen LogP contribution in [0.25, 0.3) is 0 Å². The lowest BCUT2D eigenvalue weighted by Crippen LogP contribution is -2.39. The van der Waals surface area contributed by atoms with E-state index in [1.165, 1.54) is 11.1 Å². The topological polar surface area (TPSA) is 58.6 Å². The van der Waals surface area contributed by atoms with E-state index in [1.54, 1.807) is 7.11 Å². The van der Waals surface area contributed by atoms with Gasteiger partial charge in [0.15, 0.2) is 0 Å². The van der Waals surface area contributed by atoms with E-state index in [1.807, 2.05) is 6.07 Å². The van der Waals surface area contributed by atoms with Crippen molar-refractivity contribution in [3.63, 3.8) is 0 Å². The number of carboxylic acid groups (broad SMARTS) is 1. The van der Waals surface area contributed by atoms with Crippen LogP contribution in [0.4, 0.5) is 5.69 Å². The van der Waals surface area contributed by atoms with Crippen LogP contribution in [-0.4, -0.2) is 23.7 Å². The normalized spacial score (nSPS) is 28.3. The zero-order valence-corrected chi connectivity index (χ0v) is 17.1. The van der Waals surface area contributed by atoms with Gasteiger partial charge in [0, 0.05) is 21.6 Å². The molecule has 27 heavy (non-hydrogen) atoms. The summed E-state index contributed by atoms with van der Waals surface area (Å²) >= 11 is 3.50. The van der Waals surface area contributed by atoms with E-state index in [4.69, 9.17) is 4.74 Å². The summed E-state index contributed by atoms with van der Waals surface area (Å²) < 4.78 is 6.51. The minimum absolute atomic E-state index is 0.159. The van der Waals surface area contributed by atoms with E-state index in [-0.39, 0.29) is 23.3 Å². The molecule has 1 heterocycles. The minimum Gasteiger partial charge on any atom is -0.497 e. The lowest BCUT2D eigenvalue weighted by atomic mass is 9.76. The predicted molar refractivity (Wildman–Crippen MR) is 109 cm³/mol. The molecule has 2 N–H and O–H groups in total. The second-order valence-corrected chi connectivity index (χ2v) is 8.94. The van der Waals surface area contributed by atoms with Gasteiger partial charge in [-0.05, 0) is 73.6 Å². The number of ether oxygens (including phenoxy) is 1. The van der Waals surface area contributed by atoms with Gasteiger partial charge in [0.25, 0.3) is 0 Å². The van der Waals surface area contributed by atoms with Gasteiger partial charge < -0.3 is 15.2 Å². The first kappa shape index (κ1) is 18.4. The zero-order valence-electron chi connectivity index (χ0n) is 15.5. The molecule has 0 radical (unpaired) electrons. The van der Waals surface area contributed by atoms with E-state index < -0.39 is 5.97 Å². The van der Waals surface area contributed by atoms with Gasteiger partial charge in [0.1, 0.15) is 5.75 Å². The molecule has 0 saturated heterocycles. The average molecular weight is 430 g/mol. The molecule has 0 spiro atoms. The highest BCUT2D eigenvalue weighted by Crippen LogP contribution is 2.53. The predicted octanol–water partition coefficient (Wildman–Crippen LogP) is 5.08. The maximum absolute atomic E-state index is 11.3. The molecule has 0 amide bonds. The number of carboxylic acids is 1. The molecule has 0 aromatic heterocycles. The molecule has 5 heteroatoms. The molecular formula is C22H24BrNO3. The fraction of sp³-hybridized carbons (Fsp3) is 0.409. The van der Waals surface area contributed by atoms with Crippen molar-refractivity contribution in [1.29, 1.82) is 0 Å². The Bertz CT molecular complexity index is 866. The first-order valence-electron chi connectivity index (χ1n) is 9.33. The number of carbonyl (C=O) groups is 1. The van der Waals surface area contributed by atoms with E-state index in [2.05, 4.69) is 64.6 Å². The first-order valence-corrected chi connectivity index (χ1v) is 10.1. The quantitative estimate of drug-likeness (QED) is 0.671. The lowest BCUT2D eigenvalue weighted by Gasteiger charge is -2.33. The average Bonchev–Trinajstić information content (AvgIpc) is 3.36. The van der Waals surface area contributed by atoms with Crippen molar-refractivity contribution >= 4 is 27.6 Å². The van der Waals surface area contributed by atoms with Crippen molar-refractivity contribution in [2.45, 2.75) is 37.6 Å². The van der Waals surface area contributed by atoms with E-state index in [0.29, 0.717) is 0 Å². The third-order valence-corrected chi connectivity index (χ3v) is 6.61. The molecule has 4 nitrogen and oxygen atoms in total. The number of fused-ring (bicyclic) bond motifs is 1. The number of hydrogen-bond donors (Lipinski definition) is 2. The third kappa shape index (κ3) is 3.57. The molecule has 4 unspecified atom stereocenters. The van der Waals surface area contributed by atoms with Gasteiger partial charge in [0.2, 0.25) is 0 Å². The Kier molecular flexibility index (Phi) is 4.66. The molecule has 2 aromatic rings. The second kappa shape index (κ2) is 6.86. The summed E-state index contributed by atoms with van der Waals surface area (Å²) in [6.07, 6.45) is 2.56. The number of halogens is 1. The summed E-state index contributed by atoms with van der Waals surface area (Å²) in [5.41, 5.74) is 3.48. The molecule has 2 aliphatic rings. The van der Waals surface area contributed by atoms with Crippen LogP contribution >= 0.6 is 15.9 Å². The van der Waals surface area contributed by atoms with Gasteiger partial charge in [0.05, 0.1) is 13.0 Å². The first-order chi connectivity index (χ1) is 12.9. The Morgan fingerprint density at radius 2 is 2.04 bits per heavy atom. The van der Waals surface area contributed by atoms with E-state index >= 15 is 0 Å². The van der Waals surface area contributed by atoms with Gasteiger partial charge in [-0.2, -0.15) is 0 Å². The van der Waals surface area contributed by atoms with Crippen LogP contribution in [-0.2, 0) is 11.2 Å². The van der Waals surface area contributed by atoms with Crippen LogP contribution < -0.4 is 10.1 Å². The monoisotopic (exact) mass is 429 g/mol. The summed E-state index contributed by atoms with van der Waals surface area (Å²) in [6.45, 7) is 2.25. The van der Waals surface area contributed by atoms with Crippen LogP contribution in [0.15, 0.2) is 46.9 Å². The Morgan fingerprint density at radius 1 is 1.30 bits per heavy atom. The second-order valence-electron chi connectivity index (χ2n) is 8.03. The molecule has 1 aliphatic heterocycles. The highest BCUT2D eigenvalue weighted by Gasteiger charge is 2.50. The molecule has 4 rings (SSSR count). The van der Waals surface area contributed by atoms with E-state index in [9.17, 15) is 9.90 Å². The Labute approximate surface area is 168 Å². The van der Waals surface area contributed by atoms with Crippen LogP contribution in [0.2, 0.25) is 0 Å². The standard InChI is InChI=1S/C22H24BrNO3/c1-22(12-13-3-5-15(23)6-4-13)19(10-14-9-17(14)21(25)26)18-11-16(27-2)7-8-20(18)24-22/h3-8,11,14,17,19,24H,9-10,12H2,1-2H3,(H,25,26). The highest BCUT2D eigenvalue weighted by molar-refractivity contribution is 9.10. The summed E-state index contributed by atoms with van der Waals surface area (Å²) in [5, 5.41) is 13.1. The summed E-state index contributed by atoms with van der Waals surface area (Å²) in [7, 11) is 1.68. The van der Waals surface area contributed by atoms with Gasteiger partial charge in [-0.15, -0.1) is 0 Å². The molecule has 4 atom stereocenters. The Balaban J connectivity index is 1.64. The van der Waals surface area contributed by atoms with Gasteiger partial charge in [-0.25, -0.2) is 0 Å². The van der Waals surface area contributed by atoms with Crippen molar-refractivity contribution < 1.29 is 14.6 Å². The number of aliphatic carboxylic acids is 1. The fourth-order valence-corrected chi connectivity index (χ4v) is 4.77. The molecule has 1 aliphatic carbocycles. The lowest BCUT2D eigenvalue weighted by molar-refractivity contribution is -0.138. The van der Waals surface area contributed by atoms with Crippen LogP contribution in [0.3, 0.4) is 0 Å². The van der Waals surface area contributed by atoms with Crippen LogP contribution in [0.5, 0.6) is 5.75 Å². The molecule has 1 saturated carbocycles. The van der Waals surface area contributed by atoms with Crippen molar-refractivity contribution in [3.8, 4) is 5.75 Å². The molecule has 0 bridgehead atoms. The summed E-state index contributed by atoms with van der Waals surface area (Å²) in [4.78, 5) is 11.3. The molecule has 142 valence electrons. The molecule has 2 aromatic carbocycles. The highest BCUT2D eigenvalue weighted by atomic mass is 79.9. The van der Waals surface area contributed by atoms with Crippen molar-refractivity contribution in [3.05, 3.63) is 58.1 Å². The SMILES string of the molecule is COc1ccc2c(c1)C(CC1CC1C(=O)O)C(C)(Cc1ccc(Br)cc1)N2. The maximum atomic E-state index is 11.3. The summed E-state index contributed by atoms with van der Waals surface area (Å²) in [5.74, 6) is 0.512. The summed E-state index contributed by atoms with van der Waals surface area (Å²) in [6, 6.07) is 14.6. The van der Waals surface area contributed by atoms with Gasteiger partial charge in [-0.3, -0.25) is 4.79 Å². The fourth-order valence-electron chi connectivity index (χ4n) is 4.50. The van der Waals surface area contributed by atoms with Crippen molar-refractivity contribution in [2.75, 3.05) is 12.4 Å². The van der Waals surface area contributed by atoms with Gasteiger partial charge >= 0.3 is 5.97 Å².